The second kappa shape index (κ2) is 9.40. The molecule has 0 saturated carbocycles. The van der Waals surface area contributed by atoms with E-state index in [0.29, 0.717) is 6.42 Å². The van der Waals surface area contributed by atoms with Crippen molar-refractivity contribution in [2.75, 3.05) is 31.1 Å². The van der Waals surface area contributed by atoms with Crippen LogP contribution >= 0.6 is 0 Å². The molecule has 1 rings (SSSR count). The summed E-state index contributed by atoms with van der Waals surface area (Å²) in [5.74, 6) is 0.281. The van der Waals surface area contributed by atoms with Gasteiger partial charge >= 0.3 is 0 Å². The number of carbonyl (C=O) groups is 1. The van der Waals surface area contributed by atoms with Crippen molar-refractivity contribution in [1.29, 1.82) is 0 Å². The molecule has 0 fully saturated rings. The average molecular weight is 276 g/mol. The second-order valence-electron chi connectivity index (χ2n) is 5.05. The Morgan fingerprint density at radius 2 is 1.55 bits per heavy atom. The fourth-order valence-corrected chi connectivity index (χ4v) is 2.40. The molecule has 0 aliphatic carbocycles. The Kier molecular flexibility index (Phi) is 7.78. The van der Waals surface area contributed by atoms with Crippen LogP contribution in [0.5, 0.6) is 0 Å². The molecule has 0 spiro atoms. The molecule has 0 unspecified atom stereocenters. The number of amides is 1. The monoisotopic (exact) mass is 276 g/mol. The van der Waals surface area contributed by atoms with Gasteiger partial charge in [-0.2, -0.15) is 0 Å². The number of anilines is 1. The van der Waals surface area contributed by atoms with Gasteiger partial charge in [0.2, 0.25) is 5.91 Å². The standard InChI is InChI=1S/C17H28N2O/c1-4-13-19(14-5-2)17(20)12-15-18(6-3)16-10-8-7-9-11-16/h7-11H,4-6,12-15H2,1-3H3. The summed E-state index contributed by atoms with van der Waals surface area (Å²) in [4.78, 5) is 16.5. The third-order valence-corrected chi connectivity index (χ3v) is 3.44. The number of hydrogen-bond acceptors (Lipinski definition) is 2. The molecule has 0 saturated heterocycles. The normalized spacial score (nSPS) is 10.3. The van der Waals surface area contributed by atoms with E-state index in [9.17, 15) is 4.79 Å². The first-order chi connectivity index (χ1) is 9.72. The Morgan fingerprint density at radius 1 is 0.950 bits per heavy atom. The lowest BCUT2D eigenvalue weighted by Gasteiger charge is -2.26. The quantitative estimate of drug-likeness (QED) is 0.688. The molecule has 0 aliphatic rings. The van der Waals surface area contributed by atoms with Gasteiger partial charge in [0.1, 0.15) is 0 Å². The highest BCUT2D eigenvalue weighted by Crippen LogP contribution is 2.13. The molecule has 0 N–H and O–H groups in total. The van der Waals surface area contributed by atoms with E-state index in [2.05, 4.69) is 37.8 Å². The van der Waals surface area contributed by atoms with Crippen LogP contribution in [0.15, 0.2) is 30.3 Å². The van der Waals surface area contributed by atoms with Crippen molar-refractivity contribution >= 4 is 11.6 Å². The lowest BCUT2D eigenvalue weighted by atomic mass is 10.2. The maximum atomic E-state index is 12.3. The minimum Gasteiger partial charge on any atom is -0.371 e. The molecular weight excluding hydrogens is 248 g/mol. The van der Waals surface area contributed by atoms with Gasteiger partial charge in [-0.3, -0.25) is 4.79 Å². The minimum atomic E-state index is 0.281. The molecule has 3 heteroatoms. The van der Waals surface area contributed by atoms with E-state index in [-0.39, 0.29) is 5.91 Å². The minimum absolute atomic E-state index is 0.281. The maximum absolute atomic E-state index is 12.3. The first-order valence-electron chi connectivity index (χ1n) is 7.80. The third kappa shape index (κ3) is 5.24. The van der Waals surface area contributed by atoms with Crippen LogP contribution in [0, 0.1) is 0 Å². The van der Waals surface area contributed by atoms with Crippen molar-refractivity contribution in [3.8, 4) is 0 Å². The molecular formula is C17H28N2O. The van der Waals surface area contributed by atoms with Crippen molar-refractivity contribution in [3.63, 3.8) is 0 Å². The number of rotatable bonds is 9. The maximum Gasteiger partial charge on any atom is 0.224 e. The second-order valence-corrected chi connectivity index (χ2v) is 5.05. The fourth-order valence-electron chi connectivity index (χ4n) is 2.40. The first kappa shape index (κ1) is 16.5. The molecule has 0 radical (unpaired) electrons. The van der Waals surface area contributed by atoms with Crippen LogP contribution in [0.4, 0.5) is 5.69 Å². The molecule has 0 atom stereocenters. The molecule has 112 valence electrons. The molecule has 1 aromatic rings. The SMILES string of the molecule is CCCN(CCC)C(=O)CCN(CC)c1ccccc1. The first-order valence-corrected chi connectivity index (χ1v) is 7.80. The van der Waals surface area contributed by atoms with Gasteiger partial charge in [-0.25, -0.2) is 0 Å². The van der Waals surface area contributed by atoms with Crippen molar-refractivity contribution in [3.05, 3.63) is 30.3 Å². The van der Waals surface area contributed by atoms with Crippen molar-refractivity contribution < 1.29 is 4.79 Å². The summed E-state index contributed by atoms with van der Waals surface area (Å²) in [5.41, 5.74) is 1.19. The van der Waals surface area contributed by atoms with E-state index in [1.165, 1.54) is 5.69 Å². The van der Waals surface area contributed by atoms with Crippen molar-refractivity contribution in [2.24, 2.45) is 0 Å². The van der Waals surface area contributed by atoms with E-state index in [0.717, 1.165) is 39.0 Å². The summed E-state index contributed by atoms with van der Waals surface area (Å²) < 4.78 is 0. The van der Waals surface area contributed by atoms with Gasteiger partial charge in [0.25, 0.3) is 0 Å². The van der Waals surface area contributed by atoms with Crippen LogP contribution in [-0.4, -0.2) is 37.0 Å². The Hall–Kier alpha value is -1.51. The van der Waals surface area contributed by atoms with E-state index in [1.807, 2.05) is 23.1 Å². The lowest BCUT2D eigenvalue weighted by molar-refractivity contribution is -0.131. The van der Waals surface area contributed by atoms with Gasteiger partial charge in [0.15, 0.2) is 0 Å². The number of para-hydroxylation sites is 1. The van der Waals surface area contributed by atoms with E-state index in [4.69, 9.17) is 0 Å². The highest BCUT2D eigenvalue weighted by Gasteiger charge is 2.13. The molecule has 0 aliphatic heterocycles. The van der Waals surface area contributed by atoms with Crippen LogP contribution in [0.3, 0.4) is 0 Å². The number of nitrogens with zero attached hydrogens (tertiary/aromatic N) is 2. The molecule has 0 bridgehead atoms. The molecule has 1 aromatic carbocycles. The summed E-state index contributed by atoms with van der Waals surface area (Å²) in [5, 5.41) is 0. The Balaban J connectivity index is 2.53. The molecule has 0 aromatic heterocycles. The predicted molar refractivity (Wildman–Crippen MR) is 86.1 cm³/mol. The zero-order chi connectivity index (χ0) is 14.8. The van der Waals surface area contributed by atoms with Crippen LogP contribution in [0.2, 0.25) is 0 Å². The summed E-state index contributed by atoms with van der Waals surface area (Å²) in [7, 11) is 0. The van der Waals surface area contributed by atoms with Crippen LogP contribution in [0.25, 0.3) is 0 Å². The highest BCUT2D eigenvalue weighted by molar-refractivity contribution is 5.76. The Labute approximate surface area is 123 Å². The van der Waals surface area contributed by atoms with Gasteiger partial charge in [0.05, 0.1) is 0 Å². The Morgan fingerprint density at radius 3 is 2.05 bits per heavy atom. The zero-order valence-corrected chi connectivity index (χ0v) is 13.1. The van der Waals surface area contributed by atoms with Gasteiger partial charge in [-0.05, 0) is 31.9 Å². The van der Waals surface area contributed by atoms with Gasteiger partial charge in [0, 0.05) is 38.3 Å². The van der Waals surface area contributed by atoms with E-state index < -0.39 is 0 Å². The van der Waals surface area contributed by atoms with Gasteiger partial charge in [-0.1, -0.05) is 32.0 Å². The third-order valence-electron chi connectivity index (χ3n) is 3.44. The molecule has 20 heavy (non-hydrogen) atoms. The fraction of sp³-hybridized carbons (Fsp3) is 0.588. The van der Waals surface area contributed by atoms with Gasteiger partial charge < -0.3 is 9.80 Å². The van der Waals surface area contributed by atoms with Crippen LogP contribution in [0.1, 0.15) is 40.0 Å². The summed E-state index contributed by atoms with van der Waals surface area (Å²) in [6.45, 7) is 9.86. The van der Waals surface area contributed by atoms with Crippen LogP contribution < -0.4 is 4.90 Å². The summed E-state index contributed by atoms with van der Waals surface area (Å²) in [6, 6.07) is 10.3. The Bertz CT molecular complexity index is 372. The predicted octanol–water partition coefficient (Wildman–Crippen LogP) is 3.55. The van der Waals surface area contributed by atoms with Crippen molar-refractivity contribution in [1.82, 2.24) is 4.90 Å². The smallest absolute Gasteiger partial charge is 0.224 e. The van der Waals surface area contributed by atoms with E-state index in [1.54, 1.807) is 0 Å². The topological polar surface area (TPSA) is 23.6 Å². The summed E-state index contributed by atoms with van der Waals surface area (Å²) in [6.07, 6.45) is 2.66. The van der Waals surface area contributed by atoms with Gasteiger partial charge in [-0.15, -0.1) is 0 Å². The van der Waals surface area contributed by atoms with Crippen LogP contribution in [-0.2, 0) is 4.79 Å². The highest BCUT2D eigenvalue weighted by atomic mass is 16.2. The summed E-state index contributed by atoms with van der Waals surface area (Å²) >= 11 is 0. The van der Waals surface area contributed by atoms with Crippen molar-refractivity contribution in [2.45, 2.75) is 40.0 Å². The number of hydrogen-bond donors (Lipinski definition) is 0. The number of carbonyl (C=O) groups excluding carboxylic acids is 1. The molecule has 3 nitrogen and oxygen atoms in total. The number of benzene rings is 1. The molecule has 1 amide bonds. The molecule has 0 heterocycles. The van der Waals surface area contributed by atoms with E-state index >= 15 is 0 Å². The lowest BCUT2D eigenvalue weighted by Crippen LogP contribution is -2.35. The zero-order valence-electron chi connectivity index (χ0n) is 13.1. The average Bonchev–Trinajstić information content (AvgIpc) is 2.48. The largest absolute Gasteiger partial charge is 0.371 e.